The molecule has 0 bridgehead atoms. The fraction of sp³-hybridized carbons (Fsp3) is 0.278. The number of rotatable bonds is 4. The second-order valence-electron chi connectivity index (χ2n) is 5.42. The van der Waals surface area contributed by atoms with Crippen LogP contribution in [0.5, 0.6) is 11.5 Å². The van der Waals surface area contributed by atoms with Crippen LogP contribution in [0, 0.1) is 6.92 Å². The summed E-state index contributed by atoms with van der Waals surface area (Å²) in [6, 6.07) is 13.6. The molecule has 2 aromatic carbocycles. The zero-order valence-electron chi connectivity index (χ0n) is 13.2. The SMILES string of the molecule is Cc1cccc(NC(=O)[C@@H](C)Sc2ccc3c(c2)OCCO3)c1. The number of ether oxygens (including phenoxy) is 2. The number of carbonyl (C=O) groups excluding carboxylic acids is 1. The average Bonchev–Trinajstić information content (AvgIpc) is 2.54. The van der Waals surface area contributed by atoms with Gasteiger partial charge in [0, 0.05) is 10.6 Å². The number of nitrogens with one attached hydrogen (secondary N) is 1. The lowest BCUT2D eigenvalue weighted by molar-refractivity contribution is -0.115. The van der Waals surface area contributed by atoms with E-state index < -0.39 is 0 Å². The van der Waals surface area contributed by atoms with E-state index in [1.165, 1.54) is 11.8 Å². The summed E-state index contributed by atoms with van der Waals surface area (Å²) in [4.78, 5) is 13.3. The van der Waals surface area contributed by atoms with Crippen LogP contribution < -0.4 is 14.8 Å². The molecule has 2 aromatic rings. The summed E-state index contributed by atoms with van der Waals surface area (Å²) in [7, 11) is 0. The summed E-state index contributed by atoms with van der Waals surface area (Å²) in [6.07, 6.45) is 0. The maximum atomic E-state index is 12.3. The number of thioether (sulfide) groups is 1. The second kappa shape index (κ2) is 6.96. The van der Waals surface area contributed by atoms with Gasteiger partial charge in [-0.25, -0.2) is 0 Å². The van der Waals surface area contributed by atoms with Crippen molar-refractivity contribution in [1.29, 1.82) is 0 Å². The molecule has 1 aliphatic rings. The van der Waals surface area contributed by atoms with E-state index in [9.17, 15) is 4.79 Å². The first-order valence-corrected chi connectivity index (χ1v) is 8.43. The maximum Gasteiger partial charge on any atom is 0.237 e. The molecule has 1 aliphatic heterocycles. The molecule has 1 atom stereocenters. The van der Waals surface area contributed by atoms with Gasteiger partial charge in [-0.2, -0.15) is 0 Å². The van der Waals surface area contributed by atoms with E-state index in [-0.39, 0.29) is 11.2 Å². The van der Waals surface area contributed by atoms with Crippen LogP contribution in [0.1, 0.15) is 12.5 Å². The smallest absolute Gasteiger partial charge is 0.237 e. The Kier molecular flexibility index (Phi) is 4.76. The van der Waals surface area contributed by atoms with Gasteiger partial charge in [0.15, 0.2) is 11.5 Å². The van der Waals surface area contributed by atoms with Gasteiger partial charge < -0.3 is 14.8 Å². The van der Waals surface area contributed by atoms with Crippen molar-refractivity contribution in [3.8, 4) is 11.5 Å². The molecule has 1 heterocycles. The Morgan fingerprint density at radius 3 is 2.70 bits per heavy atom. The minimum absolute atomic E-state index is 0.0181. The lowest BCUT2D eigenvalue weighted by atomic mass is 10.2. The minimum atomic E-state index is -0.210. The molecule has 0 aromatic heterocycles. The Balaban J connectivity index is 1.64. The lowest BCUT2D eigenvalue weighted by Crippen LogP contribution is -2.22. The normalized spacial score (nSPS) is 14.2. The van der Waals surface area contributed by atoms with Crippen LogP contribution in [0.2, 0.25) is 0 Å². The van der Waals surface area contributed by atoms with Gasteiger partial charge in [0.2, 0.25) is 5.91 Å². The van der Waals surface area contributed by atoms with Crippen LogP contribution in [0.15, 0.2) is 47.4 Å². The average molecular weight is 329 g/mol. The van der Waals surface area contributed by atoms with Crippen LogP contribution in [-0.4, -0.2) is 24.4 Å². The summed E-state index contributed by atoms with van der Waals surface area (Å²) in [5.41, 5.74) is 1.94. The highest BCUT2D eigenvalue weighted by molar-refractivity contribution is 8.00. The molecule has 0 unspecified atom stereocenters. The van der Waals surface area contributed by atoms with Crippen molar-refractivity contribution >= 4 is 23.4 Å². The van der Waals surface area contributed by atoms with Gasteiger partial charge in [-0.05, 0) is 49.7 Å². The first-order chi connectivity index (χ1) is 11.1. The highest BCUT2D eigenvalue weighted by Crippen LogP contribution is 2.35. The van der Waals surface area contributed by atoms with Crippen LogP contribution >= 0.6 is 11.8 Å². The molecular formula is C18H19NO3S. The third-order valence-electron chi connectivity index (χ3n) is 3.48. The zero-order chi connectivity index (χ0) is 16.2. The molecular weight excluding hydrogens is 310 g/mol. The largest absolute Gasteiger partial charge is 0.486 e. The molecule has 3 rings (SSSR count). The van der Waals surface area contributed by atoms with Crippen molar-refractivity contribution in [2.24, 2.45) is 0 Å². The Morgan fingerprint density at radius 2 is 1.91 bits per heavy atom. The zero-order valence-corrected chi connectivity index (χ0v) is 14.0. The van der Waals surface area contributed by atoms with Crippen LogP contribution in [-0.2, 0) is 4.79 Å². The third kappa shape index (κ3) is 3.99. The summed E-state index contributed by atoms with van der Waals surface area (Å²) in [5.74, 6) is 1.49. The Hall–Kier alpha value is -2.14. The summed E-state index contributed by atoms with van der Waals surface area (Å²) in [5, 5.41) is 2.74. The summed E-state index contributed by atoms with van der Waals surface area (Å²) >= 11 is 1.50. The molecule has 120 valence electrons. The van der Waals surface area contributed by atoms with Crippen molar-refractivity contribution in [1.82, 2.24) is 0 Å². The van der Waals surface area contributed by atoms with Gasteiger partial charge in [-0.1, -0.05) is 12.1 Å². The molecule has 0 fully saturated rings. The van der Waals surface area contributed by atoms with Crippen LogP contribution in [0.4, 0.5) is 5.69 Å². The van der Waals surface area contributed by atoms with Crippen LogP contribution in [0.3, 0.4) is 0 Å². The quantitative estimate of drug-likeness (QED) is 0.865. The number of fused-ring (bicyclic) bond motifs is 1. The lowest BCUT2D eigenvalue weighted by Gasteiger charge is -2.19. The Bertz CT molecular complexity index is 717. The van der Waals surface area contributed by atoms with E-state index in [4.69, 9.17) is 9.47 Å². The molecule has 0 saturated heterocycles. The first-order valence-electron chi connectivity index (χ1n) is 7.55. The predicted molar refractivity (Wildman–Crippen MR) is 92.6 cm³/mol. The van der Waals surface area contributed by atoms with Crippen LogP contribution in [0.25, 0.3) is 0 Å². The van der Waals surface area contributed by atoms with Gasteiger partial charge in [-0.3, -0.25) is 4.79 Å². The number of hydrogen-bond donors (Lipinski definition) is 1. The number of benzene rings is 2. The predicted octanol–water partition coefficient (Wildman–Crippen LogP) is 3.89. The molecule has 1 N–H and O–H groups in total. The highest BCUT2D eigenvalue weighted by atomic mass is 32.2. The fourth-order valence-corrected chi connectivity index (χ4v) is 3.22. The monoisotopic (exact) mass is 329 g/mol. The Labute approximate surface area is 140 Å². The van der Waals surface area contributed by atoms with E-state index in [1.54, 1.807) is 0 Å². The minimum Gasteiger partial charge on any atom is -0.486 e. The summed E-state index contributed by atoms with van der Waals surface area (Å²) < 4.78 is 11.1. The third-order valence-corrected chi connectivity index (χ3v) is 4.58. The van der Waals surface area contributed by atoms with Gasteiger partial charge in [-0.15, -0.1) is 11.8 Å². The topological polar surface area (TPSA) is 47.6 Å². The molecule has 0 radical (unpaired) electrons. The standard InChI is InChI=1S/C18H19NO3S/c1-12-4-3-5-14(10-12)19-18(20)13(2)23-15-6-7-16-17(11-15)22-9-8-21-16/h3-7,10-11,13H,8-9H2,1-2H3,(H,19,20)/t13-/m1/s1. The molecule has 23 heavy (non-hydrogen) atoms. The number of amides is 1. The van der Waals surface area contributed by atoms with Crippen molar-refractivity contribution in [3.05, 3.63) is 48.0 Å². The molecule has 1 amide bonds. The van der Waals surface area contributed by atoms with Crippen molar-refractivity contribution < 1.29 is 14.3 Å². The maximum absolute atomic E-state index is 12.3. The molecule has 0 spiro atoms. The number of hydrogen-bond acceptors (Lipinski definition) is 4. The van der Waals surface area contributed by atoms with Crippen molar-refractivity contribution in [2.75, 3.05) is 18.5 Å². The van der Waals surface area contributed by atoms with Gasteiger partial charge in [0.25, 0.3) is 0 Å². The molecule has 0 saturated carbocycles. The van der Waals surface area contributed by atoms with E-state index in [0.717, 1.165) is 27.6 Å². The molecule has 4 nitrogen and oxygen atoms in total. The van der Waals surface area contributed by atoms with Crippen molar-refractivity contribution in [2.45, 2.75) is 24.0 Å². The van der Waals surface area contributed by atoms with Gasteiger partial charge in [0.1, 0.15) is 13.2 Å². The summed E-state index contributed by atoms with van der Waals surface area (Å²) in [6.45, 7) is 5.04. The van der Waals surface area contributed by atoms with Crippen molar-refractivity contribution in [3.63, 3.8) is 0 Å². The van der Waals surface area contributed by atoms with E-state index in [1.807, 2.05) is 56.3 Å². The first kappa shape index (κ1) is 15.7. The van der Waals surface area contributed by atoms with E-state index in [0.29, 0.717) is 13.2 Å². The number of aryl methyl sites for hydroxylation is 1. The van der Waals surface area contributed by atoms with Gasteiger partial charge in [0.05, 0.1) is 5.25 Å². The second-order valence-corrected chi connectivity index (χ2v) is 6.84. The van der Waals surface area contributed by atoms with E-state index >= 15 is 0 Å². The molecule has 0 aliphatic carbocycles. The number of carbonyl (C=O) groups is 1. The Morgan fingerprint density at radius 1 is 1.13 bits per heavy atom. The van der Waals surface area contributed by atoms with Gasteiger partial charge >= 0.3 is 0 Å². The number of anilines is 1. The fourth-order valence-electron chi connectivity index (χ4n) is 2.32. The highest BCUT2D eigenvalue weighted by Gasteiger charge is 2.17. The molecule has 5 heteroatoms. The van der Waals surface area contributed by atoms with E-state index in [2.05, 4.69) is 5.32 Å².